The van der Waals surface area contributed by atoms with Crippen molar-refractivity contribution in [3.05, 3.63) is 38.9 Å². The topological polar surface area (TPSA) is 87.2 Å². The third kappa shape index (κ3) is 3.20. The zero-order chi connectivity index (χ0) is 14.6. The average molecular weight is 282 g/mol. The molecule has 0 aliphatic carbocycles. The lowest BCUT2D eigenvalue weighted by Gasteiger charge is -2.23. The van der Waals surface area contributed by atoms with Gasteiger partial charge in [-0.25, -0.2) is 0 Å². The highest BCUT2D eigenvalue weighted by atomic mass is 35.5. The molecule has 0 saturated carbocycles. The van der Waals surface area contributed by atoms with Crippen LogP contribution in [-0.4, -0.2) is 28.3 Å². The number of halogens is 1. The lowest BCUT2D eigenvalue weighted by Crippen LogP contribution is -2.37. The minimum absolute atomic E-state index is 0.100. The summed E-state index contributed by atoms with van der Waals surface area (Å²) in [5.41, 5.74) is -0.542. The Morgan fingerprint density at radius 1 is 1.58 bits per heavy atom. The predicted molar refractivity (Wildman–Crippen MR) is 69.9 cm³/mol. The van der Waals surface area contributed by atoms with Crippen molar-refractivity contribution in [2.24, 2.45) is 0 Å². The molecule has 1 aromatic carbocycles. The second-order valence-electron chi connectivity index (χ2n) is 4.08. The number of carbonyl (C=O) groups excluding carboxylic acids is 1. The van der Waals surface area contributed by atoms with E-state index < -0.39 is 16.5 Å². The van der Waals surface area contributed by atoms with Crippen LogP contribution in [0.2, 0.25) is 5.02 Å². The van der Waals surface area contributed by atoms with Crippen molar-refractivity contribution in [1.82, 2.24) is 4.90 Å². The number of hydrogen-bond acceptors (Lipinski definition) is 4. The van der Waals surface area contributed by atoms with Crippen LogP contribution in [0.15, 0.2) is 18.2 Å². The van der Waals surface area contributed by atoms with E-state index in [1.165, 1.54) is 23.1 Å². The van der Waals surface area contributed by atoms with Crippen molar-refractivity contribution in [2.75, 3.05) is 6.54 Å². The number of hydrogen-bond donors (Lipinski definition) is 0. The maximum Gasteiger partial charge on any atom is 0.300 e. The zero-order valence-corrected chi connectivity index (χ0v) is 11.2. The molecule has 0 aliphatic rings. The molecule has 100 valence electrons. The summed E-state index contributed by atoms with van der Waals surface area (Å²) >= 11 is 5.75. The quantitative estimate of drug-likeness (QED) is 0.482. The van der Waals surface area contributed by atoms with E-state index in [0.717, 1.165) is 0 Å². The van der Waals surface area contributed by atoms with Gasteiger partial charge in [0.25, 0.3) is 5.91 Å². The summed E-state index contributed by atoms with van der Waals surface area (Å²) in [7, 11) is 0. The molecular weight excluding hydrogens is 270 g/mol. The first-order valence-electron chi connectivity index (χ1n) is 5.51. The van der Waals surface area contributed by atoms with Crippen LogP contribution in [0.25, 0.3) is 0 Å². The van der Waals surface area contributed by atoms with Gasteiger partial charge in [0, 0.05) is 6.04 Å². The fourth-order valence-electron chi connectivity index (χ4n) is 1.59. The Labute approximate surface area is 115 Å². The third-order valence-electron chi connectivity index (χ3n) is 2.53. The lowest BCUT2D eigenvalue weighted by molar-refractivity contribution is -0.385. The van der Waals surface area contributed by atoms with Crippen molar-refractivity contribution < 1.29 is 9.72 Å². The predicted octanol–water partition coefficient (Wildman–Crippen LogP) is 2.62. The van der Waals surface area contributed by atoms with Gasteiger partial charge in [-0.1, -0.05) is 17.7 Å². The molecule has 6 nitrogen and oxygen atoms in total. The largest absolute Gasteiger partial charge is 0.323 e. The summed E-state index contributed by atoms with van der Waals surface area (Å²) in [6, 6.07) is 5.77. The van der Waals surface area contributed by atoms with Crippen LogP contribution in [0.1, 0.15) is 24.2 Å². The van der Waals surface area contributed by atoms with Crippen LogP contribution >= 0.6 is 11.6 Å². The Bertz CT molecular complexity index is 552. The number of nitriles is 1. The molecule has 1 rings (SSSR count). The molecule has 0 heterocycles. The number of benzene rings is 1. The first-order chi connectivity index (χ1) is 8.90. The van der Waals surface area contributed by atoms with E-state index in [2.05, 4.69) is 0 Å². The summed E-state index contributed by atoms with van der Waals surface area (Å²) < 4.78 is 0. The van der Waals surface area contributed by atoms with E-state index in [-0.39, 0.29) is 23.2 Å². The maximum atomic E-state index is 12.3. The fraction of sp³-hybridized carbons (Fsp3) is 0.333. The Kier molecular flexibility index (Phi) is 4.84. The van der Waals surface area contributed by atoms with E-state index in [1.54, 1.807) is 13.8 Å². The molecular formula is C12H12ClN3O3. The standard InChI is InChI=1S/C12H12ClN3O3/c1-8(2)15(7-6-14)12(17)9-4-3-5-10(13)11(9)16(18)19/h3-5,8H,7H2,1-2H3. The molecule has 19 heavy (non-hydrogen) atoms. The molecule has 0 saturated heterocycles. The number of rotatable bonds is 4. The fourth-order valence-corrected chi connectivity index (χ4v) is 1.84. The Balaban J connectivity index is 3.30. The van der Waals surface area contributed by atoms with Crippen LogP contribution < -0.4 is 0 Å². The Hall–Kier alpha value is -2.13. The van der Waals surface area contributed by atoms with Crippen molar-refractivity contribution >= 4 is 23.2 Å². The molecule has 1 amide bonds. The van der Waals surface area contributed by atoms with Crippen LogP contribution in [-0.2, 0) is 0 Å². The smallest absolute Gasteiger partial charge is 0.300 e. The highest BCUT2D eigenvalue weighted by Gasteiger charge is 2.28. The van der Waals surface area contributed by atoms with Crippen LogP contribution in [0.3, 0.4) is 0 Å². The van der Waals surface area contributed by atoms with E-state index in [4.69, 9.17) is 16.9 Å². The Morgan fingerprint density at radius 2 is 2.21 bits per heavy atom. The van der Waals surface area contributed by atoms with Crippen molar-refractivity contribution in [2.45, 2.75) is 19.9 Å². The monoisotopic (exact) mass is 281 g/mol. The molecule has 0 bridgehead atoms. The molecule has 0 unspecified atom stereocenters. The molecule has 0 N–H and O–H groups in total. The third-order valence-corrected chi connectivity index (χ3v) is 2.83. The van der Waals surface area contributed by atoms with E-state index >= 15 is 0 Å². The molecule has 0 fully saturated rings. The number of nitro benzene ring substituents is 1. The van der Waals surface area contributed by atoms with Crippen LogP contribution in [0.5, 0.6) is 0 Å². The summed E-state index contributed by atoms with van der Waals surface area (Å²) in [6.07, 6.45) is 0. The molecule has 0 aromatic heterocycles. The second-order valence-corrected chi connectivity index (χ2v) is 4.49. The van der Waals surface area contributed by atoms with Crippen molar-refractivity contribution in [3.63, 3.8) is 0 Å². The van der Waals surface area contributed by atoms with Gasteiger partial charge in [0.15, 0.2) is 0 Å². The molecule has 0 aliphatic heterocycles. The SMILES string of the molecule is CC(C)N(CC#N)C(=O)c1cccc(Cl)c1[N+](=O)[O-]. The van der Waals surface area contributed by atoms with Gasteiger partial charge in [-0.3, -0.25) is 14.9 Å². The summed E-state index contributed by atoms with van der Waals surface area (Å²) in [5, 5.41) is 19.6. The van der Waals surface area contributed by atoms with Crippen molar-refractivity contribution in [1.29, 1.82) is 5.26 Å². The number of carbonyl (C=O) groups is 1. The highest BCUT2D eigenvalue weighted by Crippen LogP contribution is 2.29. The molecule has 1 aromatic rings. The first kappa shape index (κ1) is 14.9. The molecule has 0 atom stereocenters. The number of nitro groups is 1. The second kappa shape index (κ2) is 6.16. The molecule has 0 radical (unpaired) electrons. The van der Waals surface area contributed by atoms with Crippen LogP contribution in [0, 0.1) is 21.4 Å². The van der Waals surface area contributed by atoms with Gasteiger partial charge in [0.2, 0.25) is 0 Å². The van der Waals surface area contributed by atoms with Gasteiger partial charge < -0.3 is 4.90 Å². The summed E-state index contributed by atoms with van der Waals surface area (Å²) in [5.74, 6) is -0.578. The van der Waals surface area contributed by atoms with Gasteiger partial charge in [-0.15, -0.1) is 0 Å². The molecule has 7 heteroatoms. The van der Waals surface area contributed by atoms with E-state index in [9.17, 15) is 14.9 Å². The average Bonchev–Trinajstić information content (AvgIpc) is 2.33. The van der Waals surface area contributed by atoms with E-state index in [0.29, 0.717) is 0 Å². The van der Waals surface area contributed by atoms with Gasteiger partial charge in [-0.05, 0) is 26.0 Å². The normalized spacial score (nSPS) is 10.1. The summed E-state index contributed by atoms with van der Waals surface area (Å²) in [4.78, 5) is 23.8. The minimum Gasteiger partial charge on any atom is -0.323 e. The van der Waals surface area contributed by atoms with Gasteiger partial charge in [-0.2, -0.15) is 5.26 Å². The molecule has 0 spiro atoms. The van der Waals surface area contributed by atoms with Crippen molar-refractivity contribution in [3.8, 4) is 6.07 Å². The van der Waals surface area contributed by atoms with E-state index in [1.807, 2.05) is 6.07 Å². The van der Waals surface area contributed by atoms with Gasteiger partial charge in [0.05, 0.1) is 11.0 Å². The minimum atomic E-state index is -0.694. The van der Waals surface area contributed by atoms with Gasteiger partial charge >= 0.3 is 5.69 Å². The lowest BCUT2D eigenvalue weighted by atomic mass is 10.1. The van der Waals surface area contributed by atoms with Crippen LogP contribution in [0.4, 0.5) is 5.69 Å². The highest BCUT2D eigenvalue weighted by molar-refractivity contribution is 6.33. The number of para-hydroxylation sites is 1. The zero-order valence-electron chi connectivity index (χ0n) is 10.5. The summed E-state index contributed by atoms with van der Waals surface area (Å²) in [6.45, 7) is 3.32. The maximum absolute atomic E-state index is 12.3. The number of amides is 1. The first-order valence-corrected chi connectivity index (χ1v) is 5.88. The Morgan fingerprint density at radius 3 is 2.68 bits per heavy atom. The van der Waals surface area contributed by atoms with Gasteiger partial charge in [0.1, 0.15) is 17.1 Å². The number of nitrogens with zero attached hydrogens (tertiary/aromatic N) is 3.